The van der Waals surface area contributed by atoms with E-state index in [0.717, 1.165) is 11.3 Å². The summed E-state index contributed by atoms with van der Waals surface area (Å²) in [5.74, 6) is 1.25. The van der Waals surface area contributed by atoms with Crippen LogP contribution >= 0.6 is 11.6 Å². The molecule has 0 bridgehead atoms. The topological polar surface area (TPSA) is 93.2 Å². The van der Waals surface area contributed by atoms with Gasteiger partial charge in [-0.1, -0.05) is 29.8 Å². The van der Waals surface area contributed by atoms with Gasteiger partial charge in [0.25, 0.3) is 0 Å². The summed E-state index contributed by atoms with van der Waals surface area (Å²) in [7, 11) is -3.50. The zero-order chi connectivity index (χ0) is 23.5. The van der Waals surface area contributed by atoms with Crippen LogP contribution in [0.5, 0.6) is 5.75 Å². The van der Waals surface area contributed by atoms with Crippen molar-refractivity contribution >= 4 is 44.6 Å². The van der Waals surface area contributed by atoms with E-state index in [-0.39, 0.29) is 21.8 Å². The van der Waals surface area contributed by atoms with E-state index in [0.29, 0.717) is 17.4 Å². The van der Waals surface area contributed by atoms with Crippen LogP contribution in [0.1, 0.15) is 33.3 Å². The first-order valence-electron chi connectivity index (χ1n) is 10.2. The molecule has 0 amide bonds. The molecule has 0 unspecified atom stereocenters. The molecule has 0 saturated heterocycles. The number of ether oxygens (including phenoxy) is 1. The first-order valence-corrected chi connectivity index (χ1v) is 12.2. The van der Waals surface area contributed by atoms with E-state index in [1.807, 2.05) is 39.0 Å². The lowest BCUT2D eigenvalue weighted by Crippen LogP contribution is -2.15. The highest BCUT2D eigenvalue weighted by molar-refractivity contribution is 7.92. The molecule has 0 atom stereocenters. The number of rotatable bonds is 8. The summed E-state index contributed by atoms with van der Waals surface area (Å²) >= 11 is 6.31. The van der Waals surface area contributed by atoms with E-state index >= 15 is 0 Å². The third-order valence-electron chi connectivity index (χ3n) is 4.56. The summed E-state index contributed by atoms with van der Waals surface area (Å²) in [6, 6.07) is 12.5. The monoisotopic (exact) mass is 474 g/mol. The molecule has 9 heteroatoms. The third kappa shape index (κ3) is 5.49. The fraction of sp³-hybridized carbons (Fsp3) is 0.304. The molecule has 0 aliphatic carbocycles. The summed E-state index contributed by atoms with van der Waals surface area (Å²) in [4.78, 5) is 8.91. The van der Waals surface area contributed by atoms with Gasteiger partial charge >= 0.3 is 0 Å². The lowest BCUT2D eigenvalue weighted by molar-refractivity contribution is 0.243. The molecule has 0 saturated carbocycles. The van der Waals surface area contributed by atoms with Crippen molar-refractivity contribution in [3.8, 4) is 5.75 Å². The zero-order valence-corrected chi connectivity index (χ0v) is 20.3. The number of sulfone groups is 1. The molecule has 3 rings (SSSR count). The van der Waals surface area contributed by atoms with Gasteiger partial charge in [0.05, 0.1) is 33.8 Å². The standard InChI is InChI=1S/C23H27ClN4O3S/c1-14(2)31-20-11-10-16(5)12-19(20)27-23-25-13-17(24)22(28-23)26-18-8-6-7-9-21(18)32(29,30)15(3)4/h6-15H,1-5H3,(H2,25,26,27,28). The minimum Gasteiger partial charge on any atom is -0.489 e. The second-order valence-electron chi connectivity index (χ2n) is 7.90. The van der Waals surface area contributed by atoms with E-state index in [1.165, 1.54) is 6.20 Å². The van der Waals surface area contributed by atoms with Gasteiger partial charge in [-0.05, 0) is 64.4 Å². The molecular formula is C23H27ClN4O3S. The Morgan fingerprint density at radius 3 is 2.41 bits per heavy atom. The van der Waals surface area contributed by atoms with Crippen LogP contribution < -0.4 is 15.4 Å². The minimum atomic E-state index is -3.50. The Hall–Kier alpha value is -2.84. The van der Waals surface area contributed by atoms with E-state index in [4.69, 9.17) is 16.3 Å². The van der Waals surface area contributed by atoms with E-state index in [1.54, 1.807) is 38.1 Å². The average Bonchev–Trinajstić information content (AvgIpc) is 2.72. The van der Waals surface area contributed by atoms with Crippen molar-refractivity contribution in [1.82, 2.24) is 9.97 Å². The van der Waals surface area contributed by atoms with Crippen molar-refractivity contribution in [2.45, 2.75) is 50.9 Å². The highest BCUT2D eigenvalue weighted by Crippen LogP contribution is 2.32. The molecule has 0 aliphatic rings. The van der Waals surface area contributed by atoms with Gasteiger partial charge in [0.15, 0.2) is 15.7 Å². The van der Waals surface area contributed by atoms with Crippen LogP contribution in [-0.4, -0.2) is 29.7 Å². The Morgan fingerprint density at radius 2 is 1.72 bits per heavy atom. The molecule has 3 aromatic rings. The normalized spacial score (nSPS) is 11.6. The predicted octanol–water partition coefficient (Wildman–Crippen LogP) is 5.89. The lowest BCUT2D eigenvalue weighted by atomic mass is 10.2. The Bertz CT molecular complexity index is 1210. The first kappa shape index (κ1) is 23.8. The van der Waals surface area contributed by atoms with Gasteiger partial charge in [0, 0.05) is 0 Å². The molecule has 0 fully saturated rings. The van der Waals surface area contributed by atoms with Crippen molar-refractivity contribution in [2.24, 2.45) is 0 Å². The molecule has 1 aromatic heterocycles. The Kier molecular flexibility index (Phi) is 7.26. The van der Waals surface area contributed by atoms with Crippen LogP contribution in [0.4, 0.5) is 23.1 Å². The molecule has 2 aromatic carbocycles. The lowest BCUT2D eigenvalue weighted by Gasteiger charge is -2.17. The second kappa shape index (κ2) is 9.75. The number of para-hydroxylation sites is 1. The van der Waals surface area contributed by atoms with Crippen LogP contribution in [0.2, 0.25) is 5.02 Å². The Labute approximate surface area is 194 Å². The maximum Gasteiger partial charge on any atom is 0.229 e. The molecule has 0 aliphatic heterocycles. The predicted molar refractivity (Wildman–Crippen MR) is 129 cm³/mol. The quantitative estimate of drug-likeness (QED) is 0.420. The molecule has 32 heavy (non-hydrogen) atoms. The van der Waals surface area contributed by atoms with E-state index in [9.17, 15) is 8.42 Å². The number of halogens is 1. The fourth-order valence-corrected chi connectivity index (χ4v) is 4.27. The Balaban J connectivity index is 1.95. The van der Waals surface area contributed by atoms with Gasteiger partial charge in [-0.25, -0.2) is 13.4 Å². The van der Waals surface area contributed by atoms with Crippen molar-refractivity contribution in [2.75, 3.05) is 10.6 Å². The molecule has 170 valence electrons. The van der Waals surface area contributed by atoms with Crippen molar-refractivity contribution in [3.63, 3.8) is 0 Å². The van der Waals surface area contributed by atoms with Gasteiger partial charge in [-0.3, -0.25) is 0 Å². The van der Waals surface area contributed by atoms with Crippen molar-refractivity contribution < 1.29 is 13.2 Å². The number of hydrogen-bond acceptors (Lipinski definition) is 7. The number of nitrogens with zero attached hydrogens (tertiary/aromatic N) is 2. The van der Waals surface area contributed by atoms with Gasteiger partial charge in [-0.2, -0.15) is 4.98 Å². The number of hydrogen-bond donors (Lipinski definition) is 2. The maximum atomic E-state index is 12.8. The molecule has 1 heterocycles. The fourth-order valence-electron chi connectivity index (χ4n) is 2.93. The summed E-state index contributed by atoms with van der Waals surface area (Å²) in [5, 5.41) is 5.92. The summed E-state index contributed by atoms with van der Waals surface area (Å²) in [5.41, 5.74) is 2.16. The highest BCUT2D eigenvalue weighted by atomic mass is 35.5. The van der Waals surface area contributed by atoms with Crippen LogP contribution in [-0.2, 0) is 9.84 Å². The minimum absolute atomic E-state index is 0.000952. The number of aryl methyl sites for hydroxylation is 1. The van der Waals surface area contributed by atoms with Gasteiger partial charge < -0.3 is 15.4 Å². The number of aromatic nitrogens is 2. The largest absolute Gasteiger partial charge is 0.489 e. The van der Waals surface area contributed by atoms with Crippen molar-refractivity contribution in [3.05, 3.63) is 59.2 Å². The van der Waals surface area contributed by atoms with Crippen LogP contribution in [0.15, 0.2) is 53.6 Å². The smallest absolute Gasteiger partial charge is 0.229 e. The maximum absolute atomic E-state index is 12.8. The van der Waals surface area contributed by atoms with Gasteiger partial charge in [0.1, 0.15) is 10.8 Å². The van der Waals surface area contributed by atoms with Crippen LogP contribution in [0, 0.1) is 6.92 Å². The van der Waals surface area contributed by atoms with Gasteiger partial charge in [-0.15, -0.1) is 0 Å². The van der Waals surface area contributed by atoms with Crippen LogP contribution in [0.25, 0.3) is 0 Å². The highest BCUT2D eigenvalue weighted by Gasteiger charge is 2.23. The number of benzene rings is 2. The molecule has 0 spiro atoms. The SMILES string of the molecule is Cc1ccc(OC(C)C)c(Nc2ncc(Cl)c(Nc3ccccc3S(=O)(=O)C(C)C)n2)c1. The van der Waals surface area contributed by atoms with E-state index < -0.39 is 15.1 Å². The summed E-state index contributed by atoms with van der Waals surface area (Å²) in [6.07, 6.45) is 1.46. The first-order chi connectivity index (χ1) is 15.1. The number of nitrogens with one attached hydrogen (secondary N) is 2. The Morgan fingerprint density at radius 1 is 1.00 bits per heavy atom. The molecular weight excluding hydrogens is 448 g/mol. The summed E-state index contributed by atoms with van der Waals surface area (Å²) < 4.78 is 31.4. The number of anilines is 4. The van der Waals surface area contributed by atoms with Crippen LogP contribution in [0.3, 0.4) is 0 Å². The van der Waals surface area contributed by atoms with Gasteiger partial charge in [0.2, 0.25) is 5.95 Å². The van der Waals surface area contributed by atoms with E-state index in [2.05, 4.69) is 20.6 Å². The second-order valence-corrected chi connectivity index (χ2v) is 10.8. The molecule has 2 N–H and O–H groups in total. The van der Waals surface area contributed by atoms with Crippen molar-refractivity contribution in [1.29, 1.82) is 0 Å². The average molecular weight is 475 g/mol. The summed E-state index contributed by atoms with van der Waals surface area (Å²) in [6.45, 7) is 9.17. The molecule has 0 radical (unpaired) electrons. The molecule has 7 nitrogen and oxygen atoms in total. The zero-order valence-electron chi connectivity index (χ0n) is 18.7. The third-order valence-corrected chi connectivity index (χ3v) is 7.04.